The van der Waals surface area contributed by atoms with E-state index in [0.717, 1.165) is 0 Å². The molecule has 0 saturated carbocycles. The van der Waals surface area contributed by atoms with Gasteiger partial charge in [0.1, 0.15) is 5.82 Å². The predicted molar refractivity (Wildman–Crippen MR) is 104 cm³/mol. The topological polar surface area (TPSA) is 79.9 Å². The van der Waals surface area contributed by atoms with E-state index in [1.54, 1.807) is 19.1 Å². The second-order valence-corrected chi connectivity index (χ2v) is 6.94. The number of rotatable bonds is 8. The zero-order chi connectivity index (χ0) is 20.5. The number of carbonyl (C=O) groups excluding carboxylic acids is 2. The van der Waals surface area contributed by atoms with Gasteiger partial charge in [-0.2, -0.15) is 0 Å². The Balaban J connectivity index is 2.00. The van der Waals surface area contributed by atoms with Crippen molar-refractivity contribution < 1.29 is 23.5 Å². The van der Waals surface area contributed by atoms with Crippen LogP contribution in [0.1, 0.15) is 31.9 Å². The summed E-state index contributed by atoms with van der Waals surface area (Å²) >= 11 is 6.27. The number of hydrogen-bond donors (Lipinski definition) is 2. The van der Waals surface area contributed by atoms with Crippen molar-refractivity contribution in [1.82, 2.24) is 15.5 Å². The fourth-order valence-corrected chi connectivity index (χ4v) is 3.42. The Hall–Kier alpha value is -1.90. The van der Waals surface area contributed by atoms with Gasteiger partial charge in [0.15, 0.2) is 0 Å². The van der Waals surface area contributed by atoms with Crippen molar-refractivity contribution in [3.8, 4) is 0 Å². The van der Waals surface area contributed by atoms with Crippen molar-refractivity contribution in [3.63, 3.8) is 0 Å². The number of nitrogens with one attached hydrogen (secondary N) is 2. The first-order valence-corrected chi connectivity index (χ1v) is 9.77. The molecular formula is C19H27ClFN3O4. The van der Waals surface area contributed by atoms with Crippen molar-refractivity contribution in [3.05, 3.63) is 34.6 Å². The number of alkyl carbamates (subject to hydrolysis) is 1. The van der Waals surface area contributed by atoms with Gasteiger partial charge in [0.05, 0.1) is 25.4 Å². The van der Waals surface area contributed by atoms with Gasteiger partial charge in [-0.25, -0.2) is 9.18 Å². The lowest BCUT2D eigenvalue weighted by molar-refractivity contribution is -0.121. The number of hydrogen-bond acceptors (Lipinski definition) is 5. The largest absolute Gasteiger partial charge is 0.450 e. The Bertz CT molecular complexity index is 656. The van der Waals surface area contributed by atoms with Crippen molar-refractivity contribution in [2.24, 2.45) is 0 Å². The van der Waals surface area contributed by atoms with Crippen molar-refractivity contribution >= 4 is 23.6 Å². The molecule has 2 unspecified atom stereocenters. The van der Waals surface area contributed by atoms with Gasteiger partial charge in [0, 0.05) is 43.2 Å². The van der Waals surface area contributed by atoms with E-state index < -0.39 is 18.0 Å². The minimum absolute atomic E-state index is 0.00581. The van der Waals surface area contributed by atoms with E-state index >= 15 is 0 Å². The van der Waals surface area contributed by atoms with E-state index in [1.165, 1.54) is 6.07 Å². The molecular weight excluding hydrogens is 389 g/mol. The van der Waals surface area contributed by atoms with Crippen molar-refractivity contribution in [2.45, 2.75) is 32.4 Å². The van der Waals surface area contributed by atoms with E-state index in [-0.39, 0.29) is 38.1 Å². The molecule has 1 aromatic carbocycles. The molecule has 1 fully saturated rings. The molecule has 156 valence electrons. The highest BCUT2D eigenvalue weighted by molar-refractivity contribution is 6.31. The maximum absolute atomic E-state index is 14.5. The number of halogens is 2. The lowest BCUT2D eigenvalue weighted by atomic mass is 10.0. The van der Waals surface area contributed by atoms with E-state index in [4.69, 9.17) is 21.1 Å². The van der Waals surface area contributed by atoms with Gasteiger partial charge in [0.2, 0.25) is 5.91 Å². The van der Waals surface area contributed by atoms with Crippen LogP contribution in [-0.4, -0.2) is 62.4 Å². The molecule has 28 heavy (non-hydrogen) atoms. The van der Waals surface area contributed by atoms with Gasteiger partial charge in [-0.15, -0.1) is 0 Å². The normalized spacial score (nSPS) is 18.4. The third-order valence-electron chi connectivity index (χ3n) is 4.44. The number of benzene rings is 1. The summed E-state index contributed by atoms with van der Waals surface area (Å²) in [5.74, 6) is -0.662. The van der Waals surface area contributed by atoms with Crippen LogP contribution in [0.2, 0.25) is 5.02 Å². The summed E-state index contributed by atoms with van der Waals surface area (Å²) < 4.78 is 24.8. The summed E-state index contributed by atoms with van der Waals surface area (Å²) in [6.45, 7) is 6.02. The molecule has 2 rings (SSSR count). The summed E-state index contributed by atoms with van der Waals surface area (Å²) in [5, 5.41) is 5.63. The van der Waals surface area contributed by atoms with Crippen LogP contribution in [-0.2, 0) is 14.3 Å². The number of morpholine rings is 1. The Morgan fingerprint density at radius 2 is 2.21 bits per heavy atom. The van der Waals surface area contributed by atoms with Crippen LogP contribution in [0.3, 0.4) is 0 Å². The quantitative estimate of drug-likeness (QED) is 0.682. The summed E-state index contributed by atoms with van der Waals surface area (Å²) in [6.07, 6.45) is -0.462. The summed E-state index contributed by atoms with van der Waals surface area (Å²) in [4.78, 5) is 25.5. The van der Waals surface area contributed by atoms with Crippen LogP contribution in [0, 0.1) is 5.82 Å². The van der Waals surface area contributed by atoms with Crippen LogP contribution in [0.5, 0.6) is 0 Å². The molecule has 9 heteroatoms. The Labute approximate surface area is 169 Å². The SMILES string of the molecule is CCOC(=O)NCCC(=O)NCC(c1c(F)cccc1Cl)N1CCOC(C)C1. The van der Waals surface area contributed by atoms with Crippen molar-refractivity contribution in [1.29, 1.82) is 0 Å². The first kappa shape index (κ1) is 22.4. The highest BCUT2D eigenvalue weighted by Crippen LogP contribution is 2.31. The molecule has 1 saturated heterocycles. The van der Waals surface area contributed by atoms with Crippen molar-refractivity contribution in [2.75, 3.05) is 39.4 Å². The van der Waals surface area contributed by atoms with E-state index in [2.05, 4.69) is 15.5 Å². The van der Waals surface area contributed by atoms with Crippen LogP contribution >= 0.6 is 11.6 Å². The average Bonchev–Trinajstić information content (AvgIpc) is 2.64. The van der Waals surface area contributed by atoms with E-state index in [0.29, 0.717) is 30.3 Å². The minimum atomic E-state index is -0.561. The molecule has 0 radical (unpaired) electrons. The highest BCUT2D eigenvalue weighted by Gasteiger charge is 2.29. The van der Waals surface area contributed by atoms with E-state index in [9.17, 15) is 14.0 Å². The molecule has 2 amide bonds. The molecule has 0 aliphatic carbocycles. The Morgan fingerprint density at radius 1 is 1.43 bits per heavy atom. The lowest BCUT2D eigenvalue weighted by Crippen LogP contribution is -2.47. The molecule has 7 nitrogen and oxygen atoms in total. The summed E-state index contributed by atoms with van der Waals surface area (Å²) in [5.41, 5.74) is 0.364. The number of amides is 2. The smallest absolute Gasteiger partial charge is 0.407 e. The monoisotopic (exact) mass is 415 g/mol. The third-order valence-corrected chi connectivity index (χ3v) is 4.77. The molecule has 1 aliphatic rings. The number of ether oxygens (including phenoxy) is 2. The second-order valence-electron chi connectivity index (χ2n) is 6.53. The van der Waals surface area contributed by atoms with Gasteiger partial charge in [-0.3, -0.25) is 9.69 Å². The minimum Gasteiger partial charge on any atom is -0.450 e. The second kappa shape index (κ2) is 11.2. The third kappa shape index (κ3) is 6.61. The van der Waals surface area contributed by atoms with Crippen LogP contribution in [0.15, 0.2) is 18.2 Å². The van der Waals surface area contributed by atoms with Gasteiger partial charge < -0.3 is 20.1 Å². The standard InChI is InChI=1S/C19H27ClFN3O4/c1-3-27-19(26)22-8-7-17(25)23-11-16(24-9-10-28-13(2)12-24)18-14(20)5-4-6-15(18)21/h4-6,13,16H,3,7-12H2,1-2H3,(H,22,26)(H,23,25). The molecule has 0 spiro atoms. The van der Waals surface area contributed by atoms with Gasteiger partial charge in [0.25, 0.3) is 0 Å². The zero-order valence-corrected chi connectivity index (χ0v) is 16.9. The van der Waals surface area contributed by atoms with Crippen LogP contribution in [0.25, 0.3) is 0 Å². The predicted octanol–water partition coefficient (Wildman–Crippen LogP) is 2.49. The maximum Gasteiger partial charge on any atom is 0.407 e. The molecule has 0 bridgehead atoms. The molecule has 0 aromatic heterocycles. The molecule has 1 heterocycles. The lowest BCUT2D eigenvalue weighted by Gasteiger charge is -2.38. The highest BCUT2D eigenvalue weighted by atomic mass is 35.5. The van der Waals surface area contributed by atoms with Gasteiger partial charge in [-0.05, 0) is 26.0 Å². The summed E-state index contributed by atoms with van der Waals surface area (Å²) in [6, 6.07) is 4.15. The van der Waals surface area contributed by atoms with Crippen LogP contribution in [0.4, 0.5) is 9.18 Å². The molecule has 2 atom stereocenters. The Kier molecular flexibility index (Phi) is 8.95. The molecule has 2 N–H and O–H groups in total. The van der Waals surface area contributed by atoms with Gasteiger partial charge in [-0.1, -0.05) is 17.7 Å². The Morgan fingerprint density at radius 3 is 2.89 bits per heavy atom. The zero-order valence-electron chi connectivity index (χ0n) is 16.2. The van der Waals surface area contributed by atoms with Crippen LogP contribution < -0.4 is 10.6 Å². The first-order valence-electron chi connectivity index (χ1n) is 9.39. The maximum atomic E-state index is 14.5. The first-order chi connectivity index (χ1) is 13.4. The number of nitrogens with zero attached hydrogens (tertiary/aromatic N) is 1. The van der Waals surface area contributed by atoms with Gasteiger partial charge >= 0.3 is 6.09 Å². The summed E-state index contributed by atoms with van der Waals surface area (Å²) in [7, 11) is 0. The molecule has 1 aromatic rings. The average molecular weight is 416 g/mol. The fourth-order valence-electron chi connectivity index (χ4n) is 3.13. The molecule has 1 aliphatic heterocycles. The van der Waals surface area contributed by atoms with E-state index in [1.807, 2.05) is 6.92 Å². The fraction of sp³-hybridized carbons (Fsp3) is 0.579. The number of carbonyl (C=O) groups is 2.